The second-order valence-electron chi connectivity index (χ2n) is 7.03. The van der Waals surface area contributed by atoms with Gasteiger partial charge < -0.3 is 14.2 Å². The van der Waals surface area contributed by atoms with E-state index in [1.807, 2.05) is 0 Å². The maximum absolute atomic E-state index is 13.6. The zero-order chi connectivity index (χ0) is 21.1. The van der Waals surface area contributed by atoms with Gasteiger partial charge in [0.1, 0.15) is 5.82 Å². The summed E-state index contributed by atoms with van der Waals surface area (Å²) in [5, 5.41) is 9.78. The first-order chi connectivity index (χ1) is 14.5. The number of piperidine rings is 1. The lowest BCUT2D eigenvalue weighted by Crippen LogP contribution is -2.40. The van der Waals surface area contributed by atoms with Crippen LogP contribution in [0.1, 0.15) is 37.1 Å². The molecule has 8 nitrogen and oxygen atoms in total. The molecule has 3 aromatic rings. The molecule has 1 N–H and O–H groups in total. The number of rotatable bonds is 5. The predicted octanol–water partition coefficient (Wildman–Crippen LogP) is 3.94. The van der Waals surface area contributed by atoms with Gasteiger partial charge in [-0.3, -0.25) is 10.1 Å². The van der Waals surface area contributed by atoms with Crippen LogP contribution < -0.4 is 5.32 Å². The molecule has 1 aliphatic heterocycles. The molecule has 0 saturated carbocycles. The second kappa shape index (κ2) is 8.78. The molecule has 0 radical (unpaired) electrons. The van der Waals surface area contributed by atoms with Crippen molar-refractivity contribution in [2.75, 3.05) is 25.0 Å². The smallest absolute Gasteiger partial charge is 0.323 e. The number of carbonyl (C=O) groups excluding carboxylic acids is 2. The number of ether oxygens (including phenoxy) is 1. The third-order valence-electron chi connectivity index (χ3n) is 5.03. The molecule has 0 unspecified atom stereocenters. The van der Waals surface area contributed by atoms with E-state index in [0.717, 1.165) is 5.69 Å². The summed E-state index contributed by atoms with van der Waals surface area (Å²) in [5.41, 5.74) is 1.87. The van der Waals surface area contributed by atoms with Gasteiger partial charge in [0.05, 0.1) is 24.4 Å². The SMILES string of the molecule is CCOC(=O)Cc1csc(NC(=O)N2CCC(c3noc4ccc(F)cc34)CC2)n1. The van der Waals surface area contributed by atoms with Crippen molar-refractivity contribution in [1.29, 1.82) is 0 Å². The molecule has 1 saturated heterocycles. The van der Waals surface area contributed by atoms with Crippen LogP contribution in [0.5, 0.6) is 0 Å². The number of urea groups is 1. The van der Waals surface area contributed by atoms with E-state index in [1.165, 1.54) is 23.5 Å². The maximum atomic E-state index is 13.6. The second-order valence-corrected chi connectivity index (χ2v) is 7.88. The summed E-state index contributed by atoms with van der Waals surface area (Å²) in [7, 11) is 0. The van der Waals surface area contributed by atoms with Gasteiger partial charge in [0.15, 0.2) is 10.7 Å². The highest BCUT2D eigenvalue weighted by Crippen LogP contribution is 2.33. The molecule has 0 spiro atoms. The lowest BCUT2D eigenvalue weighted by molar-refractivity contribution is -0.142. The first kappa shape index (κ1) is 20.3. The van der Waals surface area contributed by atoms with E-state index in [9.17, 15) is 14.0 Å². The number of fused-ring (bicyclic) bond motifs is 1. The molecular weight excluding hydrogens is 411 g/mol. The number of nitrogens with zero attached hydrogens (tertiary/aromatic N) is 3. The van der Waals surface area contributed by atoms with Crippen molar-refractivity contribution in [3.8, 4) is 0 Å². The Morgan fingerprint density at radius 1 is 1.37 bits per heavy atom. The van der Waals surface area contributed by atoms with Crippen LogP contribution in [-0.2, 0) is 16.0 Å². The van der Waals surface area contributed by atoms with E-state index in [4.69, 9.17) is 9.26 Å². The van der Waals surface area contributed by atoms with Gasteiger partial charge in [-0.05, 0) is 38.0 Å². The van der Waals surface area contributed by atoms with E-state index in [1.54, 1.807) is 23.3 Å². The minimum absolute atomic E-state index is 0.0812. The zero-order valence-electron chi connectivity index (χ0n) is 16.4. The third-order valence-corrected chi connectivity index (χ3v) is 5.83. The summed E-state index contributed by atoms with van der Waals surface area (Å²) in [6.07, 6.45) is 1.49. The van der Waals surface area contributed by atoms with Crippen LogP contribution in [0.4, 0.5) is 14.3 Å². The van der Waals surface area contributed by atoms with Crippen molar-refractivity contribution < 1.29 is 23.2 Å². The molecule has 0 bridgehead atoms. The molecule has 3 heterocycles. The Hall–Kier alpha value is -3.01. The Balaban J connectivity index is 1.33. The predicted molar refractivity (Wildman–Crippen MR) is 109 cm³/mol. The number of likely N-dealkylation sites (tertiary alicyclic amines) is 1. The molecule has 10 heteroatoms. The Morgan fingerprint density at radius 3 is 2.93 bits per heavy atom. The summed E-state index contributed by atoms with van der Waals surface area (Å²) < 4.78 is 23.8. The van der Waals surface area contributed by atoms with Gasteiger partial charge in [-0.1, -0.05) is 5.16 Å². The van der Waals surface area contributed by atoms with E-state index < -0.39 is 0 Å². The Labute approximate surface area is 176 Å². The highest BCUT2D eigenvalue weighted by molar-refractivity contribution is 7.13. The lowest BCUT2D eigenvalue weighted by atomic mass is 9.92. The van der Waals surface area contributed by atoms with E-state index >= 15 is 0 Å². The van der Waals surface area contributed by atoms with Gasteiger partial charge >= 0.3 is 12.0 Å². The number of halogens is 1. The molecule has 1 fully saturated rings. The van der Waals surface area contributed by atoms with Crippen LogP contribution in [0.25, 0.3) is 11.0 Å². The monoisotopic (exact) mass is 432 g/mol. The number of nitrogens with one attached hydrogen (secondary N) is 1. The Kier molecular flexibility index (Phi) is 5.93. The van der Waals surface area contributed by atoms with Gasteiger partial charge in [-0.25, -0.2) is 14.2 Å². The van der Waals surface area contributed by atoms with Crippen LogP contribution in [-0.4, -0.2) is 46.7 Å². The molecule has 158 valence electrons. The normalized spacial score (nSPS) is 14.8. The average molecular weight is 432 g/mol. The largest absolute Gasteiger partial charge is 0.466 e. The third kappa shape index (κ3) is 4.43. The van der Waals surface area contributed by atoms with E-state index in [2.05, 4.69) is 15.5 Å². The zero-order valence-corrected chi connectivity index (χ0v) is 17.2. The average Bonchev–Trinajstić information content (AvgIpc) is 3.34. The molecule has 0 aliphatic carbocycles. The summed E-state index contributed by atoms with van der Waals surface area (Å²) in [6, 6.07) is 4.13. The molecule has 4 rings (SSSR count). The molecule has 2 amide bonds. The topological polar surface area (TPSA) is 97.6 Å². The fraction of sp³-hybridized carbons (Fsp3) is 0.400. The summed E-state index contributed by atoms with van der Waals surface area (Å²) >= 11 is 1.27. The minimum atomic E-state index is -0.344. The molecule has 30 heavy (non-hydrogen) atoms. The van der Waals surface area contributed by atoms with Gasteiger partial charge in [0.2, 0.25) is 0 Å². The minimum Gasteiger partial charge on any atom is -0.466 e. The van der Waals surface area contributed by atoms with Crippen molar-refractivity contribution in [3.63, 3.8) is 0 Å². The van der Waals surface area contributed by atoms with Crippen molar-refractivity contribution in [3.05, 3.63) is 40.8 Å². The van der Waals surface area contributed by atoms with Gasteiger partial charge in [-0.2, -0.15) is 0 Å². The van der Waals surface area contributed by atoms with Gasteiger partial charge in [0, 0.05) is 29.8 Å². The van der Waals surface area contributed by atoms with E-state index in [0.29, 0.717) is 54.3 Å². The first-order valence-electron chi connectivity index (χ1n) is 9.74. The van der Waals surface area contributed by atoms with E-state index in [-0.39, 0.29) is 30.2 Å². The number of thiazole rings is 1. The fourth-order valence-corrected chi connectivity index (χ4v) is 4.26. The number of hydrogen-bond acceptors (Lipinski definition) is 7. The molecule has 0 atom stereocenters. The summed E-state index contributed by atoms with van der Waals surface area (Å²) in [5.74, 6) is -0.564. The van der Waals surface area contributed by atoms with Crippen LogP contribution in [0.3, 0.4) is 0 Å². The van der Waals surface area contributed by atoms with Gasteiger partial charge in [0.25, 0.3) is 0 Å². The van der Waals surface area contributed by atoms with Crippen molar-refractivity contribution in [1.82, 2.24) is 15.0 Å². The molecular formula is C20H21FN4O4S. The number of aromatic nitrogens is 2. The number of carbonyl (C=O) groups is 2. The molecule has 2 aromatic heterocycles. The number of benzene rings is 1. The number of amides is 2. The number of anilines is 1. The van der Waals surface area contributed by atoms with Crippen molar-refractivity contribution >= 4 is 39.4 Å². The number of hydrogen-bond donors (Lipinski definition) is 1. The highest BCUT2D eigenvalue weighted by atomic mass is 32.1. The van der Waals surface area contributed by atoms with Gasteiger partial charge in [-0.15, -0.1) is 11.3 Å². The standard InChI is InChI=1S/C20H21FN4O4S/c1-2-28-17(26)10-14-11-30-19(22-14)23-20(27)25-7-5-12(6-8-25)18-15-9-13(21)3-4-16(15)29-24-18/h3-4,9,11-12H,2,5-8,10H2,1H3,(H,22,23,27). The Bertz CT molecular complexity index is 1060. The first-order valence-corrected chi connectivity index (χ1v) is 10.6. The fourth-order valence-electron chi connectivity index (χ4n) is 3.56. The van der Waals surface area contributed by atoms with Crippen LogP contribution in [0.15, 0.2) is 28.1 Å². The summed E-state index contributed by atoms with van der Waals surface area (Å²) in [4.78, 5) is 30.1. The van der Waals surface area contributed by atoms with Crippen LogP contribution in [0, 0.1) is 5.82 Å². The van der Waals surface area contributed by atoms with Crippen LogP contribution >= 0.6 is 11.3 Å². The number of esters is 1. The van der Waals surface area contributed by atoms with Crippen molar-refractivity contribution in [2.24, 2.45) is 0 Å². The highest BCUT2D eigenvalue weighted by Gasteiger charge is 2.27. The maximum Gasteiger partial charge on any atom is 0.323 e. The van der Waals surface area contributed by atoms with Crippen LogP contribution in [0.2, 0.25) is 0 Å². The Morgan fingerprint density at radius 2 is 2.17 bits per heavy atom. The quantitative estimate of drug-likeness (QED) is 0.614. The summed E-state index contributed by atoms with van der Waals surface area (Å²) in [6.45, 7) is 3.15. The molecule has 1 aliphatic rings. The van der Waals surface area contributed by atoms with Crippen molar-refractivity contribution in [2.45, 2.75) is 32.1 Å². The lowest BCUT2D eigenvalue weighted by Gasteiger charge is -2.30. The molecule has 1 aromatic carbocycles.